The summed E-state index contributed by atoms with van der Waals surface area (Å²) in [5.41, 5.74) is -3.89. The van der Waals surface area contributed by atoms with Crippen molar-refractivity contribution in [2.24, 2.45) is 28.6 Å². The van der Waals surface area contributed by atoms with E-state index in [0.717, 1.165) is 32.9 Å². The molecule has 4 aliphatic carbocycles. The number of carbonyl (C=O) groups is 7. The molecule has 0 radical (unpaired) electrons. The number of hydrogen-bond donors (Lipinski definition) is 5. The molecule has 5 N–H and O–H groups in total. The lowest BCUT2D eigenvalue weighted by molar-refractivity contribution is -0.203. The zero-order valence-corrected chi connectivity index (χ0v) is 37.9. The van der Waals surface area contributed by atoms with E-state index in [2.05, 4.69) is 16.0 Å². The fraction of sp³-hybridized carbons (Fsp3) is 0.479. The largest absolute Gasteiger partial charge is 0.390 e. The third-order valence-corrected chi connectivity index (χ3v) is 15.2. The van der Waals surface area contributed by atoms with E-state index >= 15 is 8.78 Å². The van der Waals surface area contributed by atoms with Crippen LogP contribution in [0.2, 0.25) is 0 Å². The maximum atomic E-state index is 17.7. The lowest BCUT2D eigenvalue weighted by Gasteiger charge is -2.62. The number of anilines is 1. The van der Waals surface area contributed by atoms with Gasteiger partial charge in [-0.15, -0.1) is 0 Å². The molecule has 66 heavy (non-hydrogen) atoms. The number of ketones is 2. The van der Waals surface area contributed by atoms with Crippen molar-refractivity contribution in [3.05, 3.63) is 90.0 Å². The van der Waals surface area contributed by atoms with E-state index in [1.807, 2.05) is 12.1 Å². The van der Waals surface area contributed by atoms with Crippen LogP contribution in [0.3, 0.4) is 0 Å². The number of nitrogens with one attached hydrogen (secondary N) is 3. The van der Waals surface area contributed by atoms with E-state index in [4.69, 9.17) is 9.47 Å². The Morgan fingerprint density at radius 1 is 0.894 bits per heavy atom. The standard InChI is InChI=1S/C48H54F2N4O11S/c1-25(51-39(59)17-19-54-40(60)14-15-41(54)61)43(62)52-26(2)44(63)53-28-8-12-31(13-9-28)66-30-10-6-27(7-11-30)45(64-5)65-37-22-32-33-21-35(49)34-20-29(56)16-18-47(34,4)48(33,50)38(58)23-46(32,3)42(37)36(57)24-55/h6-16,18,20,25-26,32-33,35,37-38,42,45,55,58H,17,19,21-24H2,1-5H3,(H,51,59)(H,52,62)(H,53,63)/t25-,26-,32-,33-,35-,37+,38-,42-,45+,46-,47-,48-/m0/s1. The Hall–Kier alpha value is -5.40. The van der Waals surface area contributed by atoms with Gasteiger partial charge in [-0.1, -0.05) is 36.9 Å². The maximum absolute atomic E-state index is 17.7. The molecule has 1 aliphatic heterocycles. The van der Waals surface area contributed by atoms with Gasteiger partial charge in [0.05, 0.1) is 18.1 Å². The van der Waals surface area contributed by atoms with Crippen molar-refractivity contribution in [1.29, 1.82) is 0 Å². The molecule has 352 valence electrons. The van der Waals surface area contributed by atoms with Gasteiger partial charge >= 0.3 is 0 Å². The first-order valence-electron chi connectivity index (χ1n) is 21.8. The molecule has 2 aromatic rings. The van der Waals surface area contributed by atoms with Crippen LogP contribution in [0.4, 0.5) is 14.5 Å². The van der Waals surface area contributed by atoms with Gasteiger partial charge in [0.2, 0.25) is 17.7 Å². The first kappa shape index (κ1) is 48.5. The molecule has 12 atom stereocenters. The number of alkyl halides is 2. The van der Waals surface area contributed by atoms with Crippen LogP contribution in [0.1, 0.15) is 65.2 Å². The van der Waals surface area contributed by atoms with Gasteiger partial charge in [0.1, 0.15) is 24.9 Å². The van der Waals surface area contributed by atoms with Crippen molar-refractivity contribution in [2.75, 3.05) is 25.6 Å². The monoisotopic (exact) mass is 932 g/mol. The van der Waals surface area contributed by atoms with Gasteiger partial charge in [0.25, 0.3) is 11.8 Å². The quantitative estimate of drug-likeness (QED) is 0.118. The number of halogens is 2. The summed E-state index contributed by atoms with van der Waals surface area (Å²) in [5, 5.41) is 29.6. The van der Waals surface area contributed by atoms with Crippen LogP contribution < -0.4 is 16.0 Å². The van der Waals surface area contributed by atoms with Gasteiger partial charge in [-0.2, -0.15) is 0 Å². The summed E-state index contributed by atoms with van der Waals surface area (Å²) in [6.45, 7) is 5.29. The molecular formula is C48H54F2N4O11S. The number of carbonyl (C=O) groups excluding carboxylic acids is 7. The second-order valence-corrected chi connectivity index (χ2v) is 19.3. The molecule has 2 aromatic carbocycles. The minimum Gasteiger partial charge on any atom is -0.390 e. The summed E-state index contributed by atoms with van der Waals surface area (Å²) in [4.78, 5) is 89.7. The Kier molecular flexibility index (Phi) is 14.0. The van der Waals surface area contributed by atoms with Gasteiger partial charge in [0.15, 0.2) is 23.5 Å². The van der Waals surface area contributed by atoms with Crippen LogP contribution in [0, 0.1) is 28.6 Å². The fourth-order valence-electron chi connectivity index (χ4n) is 10.8. The number of ether oxygens (including phenoxy) is 2. The smallest absolute Gasteiger partial charge is 0.253 e. The molecule has 1 heterocycles. The molecule has 0 bridgehead atoms. The van der Waals surface area contributed by atoms with Crippen molar-refractivity contribution in [2.45, 2.75) is 106 Å². The van der Waals surface area contributed by atoms with Crippen LogP contribution in [-0.2, 0) is 43.0 Å². The summed E-state index contributed by atoms with van der Waals surface area (Å²) < 4.78 is 46.0. The topological polar surface area (TPSA) is 218 Å². The Morgan fingerprint density at radius 2 is 1.52 bits per heavy atom. The minimum atomic E-state index is -2.34. The Balaban J connectivity index is 0.941. The molecule has 0 unspecified atom stereocenters. The highest BCUT2D eigenvalue weighted by Gasteiger charge is 2.73. The van der Waals surface area contributed by atoms with Crippen molar-refractivity contribution in [3.8, 4) is 0 Å². The molecule has 18 heteroatoms. The number of nitrogens with zero attached hydrogens (tertiary/aromatic N) is 1. The van der Waals surface area contributed by atoms with Crippen LogP contribution in [0.15, 0.2) is 94.3 Å². The molecule has 0 aromatic heterocycles. The van der Waals surface area contributed by atoms with Crippen LogP contribution >= 0.6 is 11.8 Å². The SMILES string of the molecule is CO[C@H](O[C@@H]1C[C@H]2[C@@H]3C[C@H](F)C4=CC(=O)C=C[C@]4(C)[C@@]3(F)[C@@H](O)C[C@]2(C)[C@H]1C(=O)CO)c1ccc(Sc2ccc(NC(=O)[C@H](C)NC(=O)[C@H](C)NC(=O)CCN3C(=O)C=CC3=O)cc2)cc1. The number of imide groups is 1. The van der Waals surface area contributed by atoms with Crippen LogP contribution in [-0.4, -0.2) is 113 Å². The third-order valence-electron chi connectivity index (χ3n) is 14.1. The van der Waals surface area contributed by atoms with Crippen molar-refractivity contribution in [3.63, 3.8) is 0 Å². The van der Waals surface area contributed by atoms with Gasteiger partial charge in [-0.05, 0) is 105 Å². The third kappa shape index (κ3) is 9.05. The minimum absolute atomic E-state index is 0.00490. The average molecular weight is 933 g/mol. The first-order chi connectivity index (χ1) is 31.2. The highest BCUT2D eigenvalue weighted by atomic mass is 32.2. The number of rotatable bonds is 16. The number of aliphatic hydroxyl groups excluding tert-OH is 2. The van der Waals surface area contributed by atoms with E-state index in [9.17, 15) is 43.8 Å². The Morgan fingerprint density at radius 3 is 2.14 bits per heavy atom. The molecule has 3 fully saturated rings. The fourth-order valence-corrected chi connectivity index (χ4v) is 11.6. The number of aliphatic hydroxyl groups is 2. The molecular weight excluding hydrogens is 879 g/mol. The summed E-state index contributed by atoms with van der Waals surface area (Å²) >= 11 is 1.43. The van der Waals surface area contributed by atoms with Crippen molar-refractivity contribution < 1.29 is 62.0 Å². The molecule has 5 amide bonds. The van der Waals surface area contributed by atoms with E-state index in [1.165, 1.54) is 51.8 Å². The average Bonchev–Trinajstić information content (AvgIpc) is 3.76. The number of allylic oxidation sites excluding steroid dienone is 4. The van der Waals surface area contributed by atoms with E-state index < -0.39 is 119 Å². The molecule has 0 saturated heterocycles. The maximum Gasteiger partial charge on any atom is 0.253 e. The number of methoxy groups -OCH3 is 1. The molecule has 0 spiro atoms. The zero-order valence-electron chi connectivity index (χ0n) is 37.1. The molecule has 15 nitrogen and oxygen atoms in total. The summed E-state index contributed by atoms with van der Waals surface area (Å²) in [5.74, 6) is -6.26. The lowest BCUT2D eigenvalue weighted by atomic mass is 9.45. The van der Waals surface area contributed by atoms with Gasteiger partial charge in [-0.3, -0.25) is 38.5 Å². The molecule has 3 saturated carbocycles. The number of benzene rings is 2. The Labute approximate surface area is 384 Å². The van der Waals surface area contributed by atoms with E-state index in [1.54, 1.807) is 43.3 Å². The number of Topliss-reactive ketones (excluding diaryl/α,β-unsaturated/α-hetero) is 1. The summed E-state index contributed by atoms with van der Waals surface area (Å²) in [6, 6.07) is 12.3. The number of fused-ring (bicyclic) bond motifs is 5. The predicted octanol–water partition coefficient (Wildman–Crippen LogP) is 4.24. The zero-order chi connectivity index (χ0) is 47.9. The van der Waals surface area contributed by atoms with Gasteiger partial charge < -0.3 is 35.6 Å². The van der Waals surface area contributed by atoms with Gasteiger partial charge in [-0.25, -0.2) is 8.78 Å². The highest BCUT2D eigenvalue weighted by Crippen LogP contribution is 2.69. The predicted molar refractivity (Wildman–Crippen MR) is 236 cm³/mol. The first-order valence-corrected chi connectivity index (χ1v) is 22.7. The van der Waals surface area contributed by atoms with Crippen LogP contribution in [0.25, 0.3) is 0 Å². The summed E-state index contributed by atoms with van der Waals surface area (Å²) in [6.07, 6.45) is 0.371. The van der Waals surface area contributed by atoms with E-state index in [-0.39, 0.29) is 37.8 Å². The van der Waals surface area contributed by atoms with E-state index in [0.29, 0.717) is 11.3 Å². The second kappa shape index (κ2) is 19.1. The van der Waals surface area contributed by atoms with Crippen LogP contribution in [0.5, 0.6) is 0 Å². The van der Waals surface area contributed by atoms with Gasteiger partial charge in [0, 0.05) is 64.6 Å². The van der Waals surface area contributed by atoms with Crippen molar-refractivity contribution in [1.82, 2.24) is 15.5 Å². The lowest BCUT2D eigenvalue weighted by Crippen LogP contribution is -2.68. The van der Waals surface area contributed by atoms with Crippen molar-refractivity contribution >= 4 is 58.6 Å². The molecule has 7 rings (SSSR count). The molecule has 5 aliphatic rings. The second-order valence-electron chi connectivity index (χ2n) is 18.1. The summed E-state index contributed by atoms with van der Waals surface area (Å²) in [7, 11) is 1.44. The normalized spacial score (nSPS) is 31.3. The highest BCUT2D eigenvalue weighted by molar-refractivity contribution is 7.99. The number of hydrogen-bond acceptors (Lipinski definition) is 12. The Bertz CT molecular complexity index is 2360. The number of amides is 5.